The molecule has 200 valence electrons. The van der Waals surface area contributed by atoms with Crippen molar-refractivity contribution in [3.8, 4) is 12.3 Å². The van der Waals surface area contributed by atoms with Crippen LogP contribution in [0.1, 0.15) is 52.5 Å². The fraction of sp³-hybridized carbons (Fsp3) is 0.296. The van der Waals surface area contributed by atoms with Gasteiger partial charge in [-0.05, 0) is 85.1 Å². The Morgan fingerprint density at radius 3 is 2.59 bits per heavy atom. The molecule has 4 aromatic rings. The fourth-order valence-electron chi connectivity index (χ4n) is 4.46. The quantitative estimate of drug-likeness (QED) is 0.225. The summed E-state index contributed by atoms with van der Waals surface area (Å²) in [4.78, 5) is 46.2. The van der Waals surface area contributed by atoms with Crippen molar-refractivity contribution in [2.24, 2.45) is 0 Å². The predicted octanol–water partition coefficient (Wildman–Crippen LogP) is 2.07. The van der Waals surface area contributed by atoms with Gasteiger partial charge in [0, 0.05) is 17.7 Å². The topological polar surface area (TPSA) is 170 Å². The highest BCUT2D eigenvalue weighted by molar-refractivity contribution is 5.96. The summed E-state index contributed by atoms with van der Waals surface area (Å²) in [6, 6.07) is 9.16. The number of anilines is 1. The van der Waals surface area contributed by atoms with Gasteiger partial charge in [-0.1, -0.05) is 5.92 Å². The third kappa shape index (κ3) is 6.10. The standard InChI is InChI=1S/C27H28N8O4/c1-5-12-35(16(3)20-14-21-23(13-15(20)2)28-17(4)29-26(21)37)19-8-6-18(7-9-19)25(36)30-22(27(38)39)10-11-24-31-33-34-32-24/h1,6-9,13-14,16,22H,10-12H2,2-4H3,(H,30,36)(H,38,39)(H,28,29,37)(H,31,32,33,34). The number of aromatic nitrogens is 6. The summed E-state index contributed by atoms with van der Waals surface area (Å²) in [5.74, 6) is 1.98. The second-order valence-electron chi connectivity index (χ2n) is 9.18. The first-order valence-electron chi connectivity index (χ1n) is 12.3. The van der Waals surface area contributed by atoms with Crippen molar-refractivity contribution in [3.63, 3.8) is 0 Å². The smallest absolute Gasteiger partial charge is 0.326 e. The molecule has 0 saturated heterocycles. The molecule has 0 aliphatic rings. The maximum Gasteiger partial charge on any atom is 0.326 e. The molecule has 2 aromatic carbocycles. The van der Waals surface area contributed by atoms with Crippen LogP contribution in [0.5, 0.6) is 0 Å². The Morgan fingerprint density at radius 1 is 1.21 bits per heavy atom. The van der Waals surface area contributed by atoms with Crippen LogP contribution in [0.25, 0.3) is 10.9 Å². The molecule has 2 atom stereocenters. The van der Waals surface area contributed by atoms with Crippen LogP contribution in [0.3, 0.4) is 0 Å². The summed E-state index contributed by atoms with van der Waals surface area (Å²) in [5.41, 5.74) is 3.37. The van der Waals surface area contributed by atoms with E-state index < -0.39 is 17.9 Å². The number of carbonyl (C=O) groups excluding carboxylic acids is 1. The van der Waals surface area contributed by atoms with Gasteiger partial charge >= 0.3 is 5.97 Å². The van der Waals surface area contributed by atoms with E-state index in [0.29, 0.717) is 28.1 Å². The van der Waals surface area contributed by atoms with Crippen LogP contribution in [-0.4, -0.2) is 60.2 Å². The number of carboxylic acids is 1. The van der Waals surface area contributed by atoms with E-state index in [2.05, 4.69) is 41.8 Å². The Balaban J connectivity index is 1.53. The minimum absolute atomic E-state index is 0.118. The molecular formula is C27H28N8O4. The number of nitrogens with zero attached hydrogens (tertiary/aromatic N) is 5. The number of rotatable bonds is 10. The number of terminal acetylenes is 1. The summed E-state index contributed by atoms with van der Waals surface area (Å²) < 4.78 is 0. The Kier molecular flexibility index (Phi) is 8.00. The van der Waals surface area contributed by atoms with Gasteiger partial charge in [0.25, 0.3) is 11.5 Å². The number of nitrogens with one attached hydrogen (secondary N) is 3. The van der Waals surface area contributed by atoms with E-state index in [1.807, 2.05) is 30.9 Å². The van der Waals surface area contributed by atoms with Crippen molar-refractivity contribution < 1.29 is 14.7 Å². The zero-order valence-electron chi connectivity index (χ0n) is 21.7. The van der Waals surface area contributed by atoms with Crippen LogP contribution in [-0.2, 0) is 11.2 Å². The molecule has 2 unspecified atom stereocenters. The van der Waals surface area contributed by atoms with Gasteiger partial charge < -0.3 is 20.3 Å². The molecule has 4 rings (SSSR count). The Labute approximate surface area is 223 Å². The lowest BCUT2D eigenvalue weighted by Crippen LogP contribution is -2.41. The molecule has 0 aliphatic heterocycles. The monoisotopic (exact) mass is 528 g/mol. The van der Waals surface area contributed by atoms with Gasteiger partial charge in [-0.15, -0.1) is 11.5 Å². The van der Waals surface area contributed by atoms with Gasteiger partial charge in [0.15, 0.2) is 0 Å². The number of H-pyrrole nitrogens is 2. The number of benzene rings is 2. The number of aryl methyl sites for hydroxylation is 3. The minimum atomic E-state index is -1.16. The molecule has 12 heteroatoms. The molecule has 2 heterocycles. The van der Waals surface area contributed by atoms with E-state index in [-0.39, 0.29) is 31.0 Å². The number of aliphatic carboxylic acids is 1. The summed E-state index contributed by atoms with van der Waals surface area (Å²) in [6.45, 7) is 5.97. The van der Waals surface area contributed by atoms with Crippen molar-refractivity contribution in [3.05, 3.63) is 75.1 Å². The summed E-state index contributed by atoms with van der Waals surface area (Å²) >= 11 is 0. The van der Waals surface area contributed by atoms with E-state index >= 15 is 0 Å². The Morgan fingerprint density at radius 2 is 1.95 bits per heavy atom. The second-order valence-corrected chi connectivity index (χ2v) is 9.18. The lowest BCUT2D eigenvalue weighted by Gasteiger charge is -2.31. The van der Waals surface area contributed by atoms with E-state index in [4.69, 9.17) is 6.42 Å². The van der Waals surface area contributed by atoms with Crippen molar-refractivity contribution in [1.29, 1.82) is 0 Å². The van der Waals surface area contributed by atoms with Crippen LogP contribution in [0.2, 0.25) is 0 Å². The maximum absolute atomic E-state index is 12.8. The predicted molar refractivity (Wildman–Crippen MR) is 144 cm³/mol. The first kappa shape index (κ1) is 27.0. The number of amides is 1. The molecule has 0 saturated carbocycles. The molecule has 0 fully saturated rings. The SMILES string of the molecule is C#CCN(c1ccc(C(=O)NC(CCc2nnn[nH]2)C(=O)O)cc1)C(C)c1cc2c(=O)[nH]c(C)nc2cc1C. The van der Waals surface area contributed by atoms with Gasteiger partial charge in [0.05, 0.1) is 23.5 Å². The van der Waals surface area contributed by atoms with E-state index in [0.717, 1.165) is 16.8 Å². The molecule has 0 aliphatic carbocycles. The number of aromatic amines is 2. The average Bonchev–Trinajstić information content (AvgIpc) is 3.42. The lowest BCUT2D eigenvalue weighted by atomic mass is 9.98. The fourth-order valence-corrected chi connectivity index (χ4v) is 4.46. The Bertz CT molecular complexity index is 1590. The zero-order valence-corrected chi connectivity index (χ0v) is 21.7. The van der Waals surface area contributed by atoms with E-state index in [1.54, 1.807) is 31.2 Å². The summed E-state index contributed by atoms with van der Waals surface area (Å²) in [7, 11) is 0. The maximum atomic E-state index is 12.8. The number of fused-ring (bicyclic) bond motifs is 1. The minimum Gasteiger partial charge on any atom is -0.480 e. The van der Waals surface area contributed by atoms with E-state index in [1.165, 1.54) is 0 Å². The van der Waals surface area contributed by atoms with Crippen LogP contribution in [0, 0.1) is 26.2 Å². The van der Waals surface area contributed by atoms with Crippen LogP contribution in [0.15, 0.2) is 41.2 Å². The van der Waals surface area contributed by atoms with Crippen LogP contribution in [0.4, 0.5) is 5.69 Å². The Hall–Kier alpha value is -5.05. The first-order valence-corrected chi connectivity index (χ1v) is 12.3. The first-order chi connectivity index (χ1) is 18.7. The molecular weight excluding hydrogens is 500 g/mol. The van der Waals surface area contributed by atoms with Gasteiger partial charge in [0.2, 0.25) is 0 Å². The molecule has 0 spiro atoms. The summed E-state index contributed by atoms with van der Waals surface area (Å²) in [5, 5.41) is 25.8. The van der Waals surface area contributed by atoms with Crippen molar-refractivity contribution in [2.45, 2.75) is 45.7 Å². The average molecular weight is 529 g/mol. The third-order valence-electron chi connectivity index (χ3n) is 6.51. The van der Waals surface area contributed by atoms with Crippen molar-refractivity contribution >= 4 is 28.5 Å². The molecule has 0 bridgehead atoms. The second kappa shape index (κ2) is 11.6. The number of carboxylic acid groups (broad SMARTS) is 1. The number of hydrogen-bond acceptors (Lipinski definition) is 8. The molecule has 39 heavy (non-hydrogen) atoms. The lowest BCUT2D eigenvalue weighted by molar-refractivity contribution is -0.139. The molecule has 12 nitrogen and oxygen atoms in total. The highest BCUT2D eigenvalue weighted by atomic mass is 16.4. The number of tetrazole rings is 1. The molecule has 4 N–H and O–H groups in total. The van der Waals surface area contributed by atoms with Gasteiger partial charge in [-0.25, -0.2) is 14.9 Å². The zero-order chi connectivity index (χ0) is 28.1. The van der Waals surface area contributed by atoms with Crippen LogP contribution < -0.4 is 15.8 Å². The van der Waals surface area contributed by atoms with Gasteiger partial charge in [0.1, 0.15) is 17.7 Å². The highest BCUT2D eigenvalue weighted by Crippen LogP contribution is 2.30. The number of carbonyl (C=O) groups is 2. The van der Waals surface area contributed by atoms with E-state index in [9.17, 15) is 19.5 Å². The highest BCUT2D eigenvalue weighted by Gasteiger charge is 2.23. The number of hydrogen-bond donors (Lipinski definition) is 4. The normalized spacial score (nSPS) is 12.5. The molecule has 1 amide bonds. The largest absolute Gasteiger partial charge is 0.480 e. The summed E-state index contributed by atoms with van der Waals surface area (Å²) in [6.07, 6.45) is 6.07. The van der Waals surface area contributed by atoms with Gasteiger partial charge in [-0.2, -0.15) is 0 Å². The third-order valence-corrected chi connectivity index (χ3v) is 6.51. The van der Waals surface area contributed by atoms with Crippen LogP contribution >= 0.6 is 0 Å². The van der Waals surface area contributed by atoms with Gasteiger partial charge in [-0.3, -0.25) is 9.59 Å². The van der Waals surface area contributed by atoms with Crippen molar-refractivity contribution in [1.82, 2.24) is 35.9 Å². The van der Waals surface area contributed by atoms with Crippen molar-refractivity contribution in [2.75, 3.05) is 11.4 Å². The molecule has 2 aromatic heterocycles. The molecule has 0 radical (unpaired) electrons.